The summed E-state index contributed by atoms with van der Waals surface area (Å²) in [6.07, 6.45) is 7.65. The molecule has 6 heteroatoms. The van der Waals surface area contributed by atoms with Crippen LogP contribution in [0.15, 0.2) is 43.0 Å². The summed E-state index contributed by atoms with van der Waals surface area (Å²) in [5.41, 5.74) is 1.65. The lowest BCUT2D eigenvalue weighted by Gasteiger charge is -2.17. The van der Waals surface area contributed by atoms with Crippen LogP contribution >= 0.6 is 0 Å². The lowest BCUT2D eigenvalue weighted by Crippen LogP contribution is -2.23. The molecular weight excluding hydrogens is 278 g/mol. The SMILES string of the molecule is CCC(CO)Nc1nc(-c2ccncc2)nc2cnccc12. The van der Waals surface area contributed by atoms with Crippen molar-refractivity contribution in [1.82, 2.24) is 19.9 Å². The van der Waals surface area contributed by atoms with Crippen LogP contribution in [0, 0.1) is 0 Å². The highest BCUT2D eigenvalue weighted by molar-refractivity contribution is 5.90. The Labute approximate surface area is 128 Å². The molecule has 0 radical (unpaired) electrons. The van der Waals surface area contributed by atoms with Crippen LogP contribution in [0.1, 0.15) is 13.3 Å². The summed E-state index contributed by atoms with van der Waals surface area (Å²) in [6.45, 7) is 2.07. The van der Waals surface area contributed by atoms with E-state index in [4.69, 9.17) is 0 Å². The Balaban J connectivity index is 2.12. The van der Waals surface area contributed by atoms with Gasteiger partial charge >= 0.3 is 0 Å². The molecule has 0 aliphatic rings. The van der Waals surface area contributed by atoms with Crippen molar-refractivity contribution in [3.8, 4) is 11.4 Å². The Hall–Kier alpha value is -2.60. The fourth-order valence-electron chi connectivity index (χ4n) is 2.19. The molecule has 112 valence electrons. The molecule has 0 aliphatic carbocycles. The predicted octanol–water partition coefficient (Wildman–Crippen LogP) is 2.27. The van der Waals surface area contributed by atoms with Gasteiger partial charge in [-0.15, -0.1) is 0 Å². The molecular formula is C16H17N5O. The van der Waals surface area contributed by atoms with Gasteiger partial charge in [0.1, 0.15) is 5.82 Å². The van der Waals surface area contributed by atoms with Gasteiger partial charge in [-0.05, 0) is 24.6 Å². The molecule has 1 atom stereocenters. The van der Waals surface area contributed by atoms with Crippen LogP contribution in [0.2, 0.25) is 0 Å². The van der Waals surface area contributed by atoms with Crippen molar-refractivity contribution in [2.45, 2.75) is 19.4 Å². The maximum Gasteiger partial charge on any atom is 0.162 e. The second kappa shape index (κ2) is 6.44. The topological polar surface area (TPSA) is 83.8 Å². The standard InChI is InChI=1S/C16H17N5O/c1-2-12(10-22)19-16-13-5-8-18-9-14(13)20-15(21-16)11-3-6-17-7-4-11/h3-9,12,22H,2,10H2,1H3,(H,19,20,21). The third kappa shape index (κ3) is 2.87. The van der Waals surface area contributed by atoms with Gasteiger partial charge in [-0.3, -0.25) is 9.97 Å². The number of nitrogens with one attached hydrogen (secondary N) is 1. The van der Waals surface area contributed by atoms with Gasteiger partial charge in [0, 0.05) is 29.5 Å². The van der Waals surface area contributed by atoms with Crippen LogP contribution in [-0.2, 0) is 0 Å². The third-order valence-electron chi connectivity index (χ3n) is 3.49. The van der Waals surface area contributed by atoms with E-state index in [0.717, 1.165) is 22.9 Å². The van der Waals surface area contributed by atoms with Crippen molar-refractivity contribution < 1.29 is 5.11 Å². The summed E-state index contributed by atoms with van der Waals surface area (Å²) in [6, 6.07) is 5.56. The number of aromatic nitrogens is 4. The second-order valence-corrected chi connectivity index (χ2v) is 4.96. The van der Waals surface area contributed by atoms with E-state index in [1.165, 1.54) is 0 Å². The zero-order valence-corrected chi connectivity index (χ0v) is 12.3. The third-order valence-corrected chi connectivity index (χ3v) is 3.49. The van der Waals surface area contributed by atoms with Gasteiger partial charge < -0.3 is 10.4 Å². The van der Waals surface area contributed by atoms with E-state index in [1.54, 1.807) is 24.8 Å². The smallest absolute Gasteiger partial charge is 0.162 e. The molecule has 0 saturated carbocycles. The van der Waals surface area contributed by atoms with E-state index in [-0.39, 0.29) is 12.6 Å². The molecule has 0 bridgehead atoms. The van der Waals surface area contributed by atoms with Crippen LogP contribution in [0.4, 0.5) is 5.82 Å². The Morgan fingerprint density at radius 1 is 1.09 bits per heavy atom. The number of hydrogen-bond acceptors (Lipinski definition) is 6. The van der Waals surface area contributed by atoms with Crippen LogP contribution in [0.3, 0.4) is 0 Å². The average molecular weight is 295 g/mol. The zero-order chi connectivity index (χ0) is 15.4. The lowest BCUT2D eigenvalue weighted by atomic mass is 10.2. The minimum atomic E-state index is -0.0449. The van der Waals surface area contributed by atoms with Crippen LogP contribution in [0.5, 0.6) is 0 Å². The molecule has 0 spiro atoms. The molecule has 6 nitrogen and oxygen atoms in total. The van der Waals surface area contributed by atoms with E-state index in [2.05, 4.69) is 25.3 Å². The largest absolute Gasteiger partial charge is 0.394 e. The highest BCUT2D eigenvalue weighted by atomic mass is 16.3. The molecule has 0 aliphatic heterocycles. The fraction of sp³-hybridized carbons (Fsp3) is 0.250. The van der Waals surface area contributed by atoms with Crippen molar-refractivity contribution in [3.63, 3.8) is 0 Å². The monoisotopic (exact) mass is 295 g/mol. The molecule has 3 aromatic rings. The highest BCUT2D eigenvalue weighted by Gasteiger charge is 2.12. The van der Waals surface area contributed by atoms with Crippen LogP contribution in [0.25, 0.3) is 22.3 Å². The second-order valence-electron chi connectivity index (χ2n) is 4.96. The van der Waals surface area contributed by atoms with Crippen molar-refractivity contribution in [2.75, 3.05) is 11.9 Å². The maximum atomic E-state index is 9.42. The number of nitrogens with zero attached hydrogens (tertiary/aromatic N) is 4. The predicted molar refractivity (Wildman–Crippen MR) is 85.4 cm³/mol. The van der Waals surface area contributed by atoms with Crippen molar-refractivity contribution >= 4 is 16.7 Å². The molecule has 2 N–H and O–H groups in total. The van der Waals surface area contributed by atoms with Crippen molar-refractivity contribution in [3.05, 3.63) is 43.0 Å². The van der Waals surface area contributed by atoms with Crippen LogP contribution in [-0.4, -0.2) is 37.7 Å². The highest BCUT2D eigenvalue weighted by Crippen LogP contribution is 2.24. The molecule has 3 heterocycles. The van der Waals surface area contributed by atoms with E-state index in [0.29, 0.717) is 11.6 Å². The van der Waals surface area contributed by atoms with E-state index in [9.17, 15) is 5.11 Å². The summed E-state index contributed by atoms with van der Waals surface area (Å²) in [5, 5.41) is 13.6. The fourth-order valence-corrected chi connectivity index (χ4v) is 2.19. The molecule has 0 aromatic carbocycles. The Morgan fingerprint density at radius 2 is 1.86 bits per heavy atom. The molecule has 3 aromatic heterocycles. The Bertz CT molecular complexity index is 759. The van der Waals surface area contributed by atoms with Gasteiger partial charge in [-0.25, -0.2) is 9.97 Å². The van der Waals surface area contributed by atoms with Gasteiger partial charge in [-0.2, -0.15) is 0 Å². The number of hydrogen-bond donors (Lipinski definition) is 2. The van der Waals surface area contributed by atoms with Crippen molar-refractivity contribution in [2.24, 2.45) is 0 Å². The molecule has 0 amide bonds. The summed E-state index contributed by atoms with van der Waals surface area (Å²) < 4.78 is 0. The summed E-state index contributed by atoms with van der Waals surface area (Å²) in [5.74, 6) is 1.32. The van der Waals surface area contributed by atoms with Gasteiger partial charge in [0.25, 0.3) is 0 Å². The molecule has 0 fully saturated rings. The number of aliphatic hydroxyl groups is 1. The molecule has 1 unspecified atom stereocenters. The number of fused-ring (bicyclic) bond motifs is 1. The lowest BCUT2D eigenvalue weighted by molar-refractivity contribution is 0.271. The van der Waals surface area contributed by atoms with Crippen LogP contribution < -0.4 is 5.32 Å². The molecule has 22 heavy (non-hydrogen) atoms. The normalized spacial score (nSPS) is 12.3. The first-order valence-corrected chi connectivity index (χ1v) is 7.21. The van der Waals surface area contributed by atoms with Gasteiger partial charge in [0.05, 0.1) is 24.4 Å². The first kappa shape index (κ1) is 14.3. The summed E-state index contributed by atoms with van der Waals surface area (Å²) >= 11 is 0. The van der Waals surface area contributed by atoms with Gasteiger partial charge in [0.2, 0.25) is 0 Å². The maximum absolute atomic E-state index is 9.42. The molecule has 3 rings (SSSR count). The zero-order valence-electron chi connectivity index (χ0n) is 12.3. The number of aliphatic hydroxyl groups excluding tert-OH is 1. The summed E-state index contributed by atoms with van der Waals surface area (Å²) in [4.78, 5) is 17.3. The van der Waals surface area contributed by atoms with E-state index >= 15 is 0 Å². The Morgan fingerprint density at radius 3 is 2.59 bits per heavy atom. The van der Waals surface area contributed by atoms with Gasteiger partial charge in [-0.1, -0.05) is 6.92 Å². The molecule has 0 saturated heterocycles. The van der Waals surface area contributed by atoms with E-state index in [1.807, 2.05) is 25.1 Å². The first-order valence-electron chi connectivity index (χ1n) is 7.21. The quantitative estimate of drug-likeness (QED) is 0.751. The minimum absolute atomic E-state index is 0.0449. The Kier molecular flexibility index (Phi) is 4.20. The first-order chi connectivity index (χ1) is 10.8. The summed E-state index contributed by atoms with van der Waals surface area (Å²) in [7, 11) is 0. The number of anilines is 1. The number of rotatable bonds is 5. The van der Waals surface area contributed by atoms with E-state index < -0.39 is 0 Å². The van der Waals surface area contributed by atoms with Gasteiger partial charge in [0.15, 0.2) is 5.82 Å². The van der Waals surface area contributed by atoms with Crippen molar-refractivity contribution in [1.29, 1.82) is 0 Å². The number of pyridine rings is 2. The average Bonchev–Trinajstić information content (AvgIpc) is 2.60. The minimum Gasteiger partial charge on any atom is -0.394 e.